The van der Waals surface area contributed by atoms with Crippen LogP contribution < -0.4 is 5.32 Å². The van der Waals surface area contributed by atoms with E-state index in [1.165, 1.54) is 5.56 Å². The number of aryl methyl sites for hydroxylation is 1. The highest BCUT2D eigenvalue weighted by molar-refractivity contribution is 8.00. The van der Waals surface area contributed by atoms with Crippen molar-refractivity contribution in [3.8, 4) is 5.75 Å². The van der Waals surface area contributed by atoms with Crippen LogP contribution >= 0.6 is 11.8 Å². The Morgan fingerprint density at radius 2 is 2.16 bits per heavy atom. The summed E-state index contributed by atoms with van der Waals surface area (Å²) < 4.78 is 36.0. The molecular weight excluding hydrogens is 275 g/mol. The maximum atomic E-state index is 12.0. The first-order valence-corrected chi connectivity index (χ1v) is 7.20. The van der Waals surface area contributed by atoms with E-state index in [-0.39, 0.29) is 29.3 Å². The predicted octanol–water partition coefficient (Wildman–Crippen LogP) is 3.61. The van der Waals surface area contributed by atoms with Crippen LogP contribution in [0.1, 0.15) is 30.0 Å². The zero-order valence-corrected chi connectivity index (χ0v) is 11.2. The summed E-state index contributed by atoms with van der Waals surface area (Å²) in [4.78, 5) is 0. The molecule has 0 saturated carbocycles. The van der Waals surface area contributed by atoms with Gasteiger partial charge in [-0.25, -0.2) is 0 Å². The number of phenolic OH excluding ortho intramolecular Hbond substituents is 1. The van der Waals surface area contributed by atoms with Gasteiger partial charge < -0.3 is 10.4 Å². The minimum Gasteiger partial charge on any atom is -0.508 e. The highest BCUT2D eigenvalue weighted by Crippen LogP contribution is 2.33. The molecule has 0 bridgehead atoms. The normalized spacial score (nSPS) is 19.2. The summed E-state index contributed by atoms with van der Waals surface area (Å²) in [5.41, 5.74) is -1.97. The van der Waals surface area contributed by atoms with Gasteiger partial charge in [0, 0.05) is 18.3 Å². The van der Waals surface area contributed by atoms with Gasteiger partial charge in [0.25, 0.3) is 0 Å². The van der Waals surface area contributed by atoms with Gasteiger partial charge in [-0.15, -0.1) is 0 Å². The average Bonchev–Trinajstić information content (AvgIpc) is 2.33. The summed E-state index contributed by atoms with van der Waals surface area (Å²) in [7, 11) is 0. The lowest BCUT2D eigenvalue weighted by Crippen LogP contribution is -2.27. The molecule has 106 valence electrons. The Kier molecular flexibility index (Phi) is 4.62. The van der Waals surface area contributed by atoms with E-state index in [1.54, 1.807) is 12.1 Å². The van der Waals surface area contributed by atoms with E-state index < -0.39 is 5.51 Å². The minimum absolute atomic E-state index is 0.00528. The van der Waals surface area contributed by atoms with Crippen molar-refractivity contribution in [3.05, 3.63) is 29.3 Å². The number of rotatable bonds is 4. The topological polar surface area (TPSA) is 32.3 Å². The van der Waals surface area contributed by atoms with Gasteiger partial charge in [0.2, 0.25) is 0 Å². The Morgan fingerprint density at radius 1 is 1.37 bits per heavy atom. The average molecular weight is 291 g/mol. The van der Waals surface area contributed by atoms with Crippen LogP contribution in [0.2, 0.25) is 0 Å². The molecule has 19 heavy (non-hydrogen) atoms. The van der Waals surface area contributed by atoms with E-state index in [2.05, 4.69) is 5.32 Å². The van der Waals surface area contributed by atoms with Gasteiger partial charge >= 0.3 is 5.51 Å². The number of thioether (sulfide) groups is 1. The molecule has 1 aromatic carbocycles. The third-order valence-electron chi connectivity index (χ3n) is 3.20. The van der Waals surface area contributed by atoms with Gasteiger partial charge in [-0.05, 0) is 54.3 Å². The third kappa shape index (κ3) is 4.31. The second kappa shape index (κ2) is 6.05. The van der Waals surface area contributed by atoms with Crippen molar-refractivity contribution in [1.29, 1.82) is 0 Å². The highest BCUT2D eigenvalue weighted by Gasteiger charge is 2.27. The molecule has 0 saturated heterocycles. The zero-order valence-electron chi connectivity index (χ0n) is 10.3. The molecule has 0 aliphatic heterocycles. The number of nitrogens with one attached hydrogen (secondary N) is 1. The molecule has 1 atom stereocenters. The zero-order chi connectivity index (χ0) is 13.9. The van der Waals surface area contributed by atoms with Crippen LogP contribution in [0, 0.1) is 0 Å². The summed E-state index contributed by atoms with van der Waals surface area (Å²) in [5.74, 6) is 0.214. The quantitative estimate of drug-likeness (QED) is 0.831. The van der Waals surface area contributed by atoms with Gasteiger partial charge in [0.05, 0.1) is 0 Å². The second-order valence-electron chi connectivity index (χ2n) is 4.58. The monoisotopic (exact) mass is 291 g/mol. The Balaban J connectivity index is 1.91. The standard InChI is InChI=1S/C13H16F3NOS/c14-13(15,16)19-7-6-17-12-3-1-2-9-4-5-10(18)8-11(9)12/h4-5,8,12,17-18H,1-3,6-7H2. The lowest BCUT2D eigenvalue weighted by atomic mass is 9.87. The highest BCUT2D eigenvalue weighted by atomic mass is 32.2. The molecule has 1 aromatic rings. The molecule has 0 spiro atoms. The molecule has 1 unspecified atom stereocenters. The Labute approximate surface area is 114 Å². The van der Waals surface area contributed by atoms with Crippen molar-refractivity contribution >= 4 is 11.8 Å². The number of aromatic hydroxyl groups is 1. The SMILES string of the molecule is Oc1ccc2c(c1)C(NCCSC(F)(F)F)CCC2. The summed E-state index contributed by atoms with van der Waals surface area (Å²) in [6.45, 7) is 0.309. The number of fused-ring (bicyclic) bond motifs is 1. The van der Waals surface area contributed by atoms with Crippen LogP contribution in [0.5, 0.6) is 5.75 Å². The van der Waals surface area contributed by atoms with E-state index in [0.717, 1.165) is 24.8 Å². The molecule has 0 radical (unpaired) electrons. The summed E-state index contributed by atoms with van der Waals surface area (Å²) in [5, 5.41) is 12.6. The number of phenols is 1. The summed E-state index contributed by atoms with van der Waals surface area (Å²) in [6, 6.07) is 5.30. The number of alkyl halides is 3. The molecule has 6 heteroatoms. The molecular formula is C13H16F3NOS. The van der Waals surface area contributed by atoms with Crippen molar-refractivity contribution < 1.29 is 18.3 Å². The van der Waals surface area contributed by atoms with Gasteiger partial charge in [0.1, 0.15) is 5.75 Å². The van der Waals surface area contributed by atoms with Crippen molar-refractivity contribution in [2.45, 2.75) is 30.8 Å². The fraction of sp³-hybridized carbons (Fsp3) is 0.538. The predicted molar refractivity (Wildman–Crippen MR) is 70.3 cm³/mol. The maximum Gasteiger partial charge on any atom is 0.441 e. The fourth-order valence-corrected chi connectivity index (χ4v) is 2.85. The molecule has 1 aliphatic carbocycles. The van der Waals surface area contributed by atoms with Crippen LogP contribution in [0.15, 0.2) is 18.2 Å². The van der Waals surface area contributed by atoms with E-state index in [0.29, 0.717) is 6.54 Å². The first-order valence-electron chi connectivity index (χ1n) is 6.21. The minimum atomic E-state index is -4.16. The fourth-order valence-electron chi connectivity index (χ4n) is 2.40. The molecule has 1 aliphatic rings. The molecule has 2 N–H and O–H groups in total. The van der Waals surface area contributed by atoms with E-state index in [9.17, 15) is 18.3 Å². The van der Waals surface area contributed by atoms with Gasteiger partial charge in [-0.2, -0.15) is 13.2 Å². The van der Waals surface area contributed by atoms with Gasteiger partial charge in [-0.3, -0.25) is 0 Å². The van der Waals surface area contributed by atoms with Crippen molar-refractivity contribution in [2.75, 3.05) is 12.3 Å². The Morgan fingerprint density at radius 3 is 2.89 bits per heavy atom. The number of benzene rings is 1. The van der Waals surface area contributed by atoms with E-state index in [4.69, 9.17) is 0 Å². The summed E-state index contributed by atoms with van der Waals surface area (Å²) in [6.07, 6.45) is 2.88. The molecule has 2 rings (SSSR count). The maximum absolute atomic E-state index is 12.0. The molecule has 2 nitrogen and oxygen atoms in total. The number of hydrogen-bond acceptors (Lipinski definition) is 3. The summed E-state index contributed by atoms with van der Waals surface area (Å²) >= 11 is -0.00528. The van der Waals surface area contributed by atoms with Crippen molar-refractivity contribution in [3.63, 3.8) is 0 Å². The lowest BCUT2D eigenvalue weighted by molar-refractivity contribution is -0.0327. The lowest BCUT2D eigenvalue weighted by Gasteiger charge is -2.26. The van der Waals surface area contributed by atoms with Crippen molar-refractivity contribution in [1.82, 2.24) is 5.32 Å². The van der Waals surface area contributed by atoms with E-state index >= 15 is 0 Å². The molecule has 0 fully saturated rings. The van der Waals surface area contributed by atoms with Crippen LogP contribution in [-0.2, 0) is 6.42 Å². The molecule has 0 aromatic heterocycles. The van der Waals surface area contributed by atoms with Gasteiger partial charge in [-0.1, -0.05) is 6.07 Å². The molecule has 0 amide bonds. The van der Waals surface area contributed by atoms with Crippen LogP contribution in [0.4, 0.5) is 13.2 Å². The Bertz CT molecular complexity index is 436. The first-order chi connectivity index (χ1) is 8.96. The van der Waals surface area contributed by atoms with Gasteiger partial charge in [0.15, 0.2) is 0 Å². The van der Waals surface area contributed by atoms with E-state index in [1.807, 2.05) is 6.07 Å². The largest absolute Gasteiger partial charge is 0.508 e. The molecule has 0 heterocycles. The smallest absolute Gasteiger partial charge is 0.441 e. The van der Waals surface area contributed by atoms with Crippen LogP contribution in [-0.4, -0.2) is 22.9 Å². The second-order valence-corrected chi connectivity index (χ2v) is 5.74. The first kappa shape index (κ1) is 14.5. The van der Waals surface area contributed by atoms with Crippen LogP contribution in [0.25, 0.3) is 0 Å². The number of halogens is 3. The Hall–Kier alpha value is -0.880. The van der Waals surface area contributed by atoms with Crippen LogP contribution in [0.3, 0.4) is 0 Å². The van der Waals surface area contributed by atoms with Crippen molar-refractivity contribution in [2.24, 2.45) is 0 Å². The number of hydrogen-bond donors (Lipinski definition) is 2. The third-order valence-corrected chi connectivity index (χ3v) is 3.94.